The van der Waals surface area contributed by atoms with Crippen LogP contribution in [0.5, 0.6) is 17.2 Å². The van der Waals surface area contributed by atoms with Crippen LogP contribution in [0, 0.1) is 0 Å². The Kier molecular flexibility index (Phi) is 12.7. The molecule has 0 amide bonds. The highest BCUT2D eigenvalue weighted by molar-refractivity contribution is 5.92. The lowest BCUT2D eigenvalue weighted by molar-refractivity contribution is -0.138. The number of fused-ring (bicyclic) bond motifs is 1. The summed E-state index contributed by atoms with van der Waals surface area (Å²) in [4.78, 5) is 72.2. The Labute approximate surface area is 297 Å². The molecule has 0 N–H and O–H groups in total. The molecule has 272 valence electrons. The van der Waals surface area contributed by atoms with Crippen molar-refractivity contribution in [2.45, 2.75) is 44.2 Å². The lowest BCUT2D eigenvalue weighted by Gasteiger charge is -2.17. The van der Waals surface area contributed by atoms with Crippen LogP contribution in [0.4, 0.5) is 4.79 Å². The molecule has 2 saturated heterocycles. The SMILES string of the molecule is C=CC(=O)OCCCCOC(=O)Oc1ccc(C(=O)Oc2ccc(C(=O)O[C@@H]3COC4C3OC[C@H]4OC(=O)c3ccc(OC(C)=O)cc3)cc2)cc1. The highest BCUT2D eigenvalue weighted by Gasteiger charge is 2.51. The van der Waals surface area contributed by atoms with Crippen molar-refractivity contribution in [3.05, 3.63) is 102 Å². The largest absolute Gasteiger partial charge is 0.513 e. The maximum Gasteiger partial charge on any atom is 0.513 e. The molecule has 0 radical (unpaired) electrons. The molecule has 15 nitrogen and oxygen atoms in total. The van der Waals surface area contributed by atoms with Gasteiger partial charge >= 0.3 is 36.0 Å². The van der Waals surface area contributed by atoms with Crippen LogP contribution < -0.4 is 14.2 Å². The van der Waals surface area contributed by atoms with Crippen molar-refractivity contribution in [3.63, 3.8) is 0 Å². The maximum absolute atomic E-state index is 12.9. The minimum absolute atomic E-state index is 0.0313. The van der Waals surface area contributed by atoms with Gasteiger partial charge in [-0.1, -0.05) is 6.58 Å². The topological polar surface area (TPSA) is 185 Å². The van der Waals surface area contributed by atoms with Gasteiger partial charge in [0.25, 0.3) is 0 Å². The molecule has 2 heterocycles. The third-order valence-corrected chi connectivity index (χ3v) is 7.59. The van der Waals surface area contributed by atoms with Crippen molar-refractivity contribution in [1.82, 2.24) is 0 Å². The maximum atomic E-state index is 12.9. The molecule has 3 aromatic carbocycles. The molecule has 2 fully saturated rings. The van der Waals surface area contributed by atoms with E-state index in [0.717, 1.165) is 6.08 Å². The predicted molar refractivity (Wildman–Crippen MR) is 176 cm³/mol. The van der Waals surface area contributed by atoms with Crippen LogP contribution in [-0.2, 0) is 38.0 Å². The van der Waals surface area contributed by atoms with Crippen LogP contribution in [-0.4, -0.2) is 86.8 Å². The average Bonchev–Trinajstić information content (AvgIpc) is 3.72. The van der Waals surface area contributed by atoms with Gasteiger partial charge in [0.2, 0.25) is 0 Å². The molecule has 5 rings (SSSR count). The number of unbranched alkanes of at least 4 members (excludes halogenated alkanes) is 1. The van der Waals surface area contributed by atoms with Crippen LogP contribution >= 0.6 is 0 Å². The number of benzene rings is 3. The second kappa shape index (κ2) is 17.7. The Morgan fingerprint density at radius 3 is 1.50 bits per heavy atom. The summed E-state index contributed by atoms with van der Waals surface area (Å²) in [5.74, 6) is -2.37. The summed E-state index contributed by atoms with van der Waals surface area (Å²) in [6.45, 7) is 4.88. The molecular formula is C37H34O15. The molecule has 0 saturated carbocycles. The van der Waals surface area contributed by atoms with Crippen molar-refractivity contribution in [3.8, 4) is 17.2 Å². The van der Waals surface area contributed by atoms with E-state index in [-0.39, 0.29) is 54.6 Å². The summed E-state index contributed by atoms with van der Waals surface area (Å²) in [5, 5.41) is 0. The number of carbonyl (C=O) groups excluding carboxylic acids is 6. The van der Waals surface area contributed by atoms with E-state index in [0.29, 0.717) is 18.6 Å². The van der Waals surface area contributed by atoms with Crippen molar-refractivity contribution in [1.29, 1.82) is 0 Å². The molecular weight excluding hydrogens is 684 g/mol. The van der Waals surface area contributed by atoms with Crippen molar-refractivity contribution < 1.29 is 71.4 Å². The van der Waals surface area contributed by atoms with Crippen LogP contribution in [0.1, 0.15) is 50.8 Å². The Balaban J connectivity index is 1.03. The van der Waals surface area contributed by atoms with Gasteiger partial charge in [-0.15, -0.1) is 0 Å². The van der Waals surface area contributed by atoms with Gasteiger partial charge in [-0.2, -0.15) is 0 Å². The van der Waals surface area contributed by atoms with Crippen molar-refractivity contribution >= 4 is 36.0 Å². The standard InChI is InChI=1S/C37H34O15/c1-3-31(39)44-18-4-5-19-45-37(43)50-28-16-10-23(11-17-28)34(40)49-27-14-8-25(9-15-27)36(42)52-30-21-47-32-29(20-46-33(30)32)51-35(41)24-6-12-26(13-7-24)48-22(2)38/h3,6-17,29-30,32-33H,1,4-5,18-21H2,2H3/t29-,30-,32?,33?/m1/s1. The zero-order valence-electron chi connectivity index (χ0n) is 27.9. The first-order chi connectivity index (χ1) is 25.1. The minimum atomic E-state index is -0.930. The summed E-state index contributed by atoms with van der Waals surface area (Å²) in [5.41, 5.74) is 0.602. The number of esters is 5. The molecule has 0 spiro atoms. The Morgan fingerprint density at radius 2 is 1.04 bits per heavy atom. The number of hydrogen-bond donors (Lipinski definition) is 0. The fourth-order valence-corrected chi connectivity index (χ4v) is 5.07. The van der Waals surface area contributed by atoms with Gasteiger partial charge in [0.1, 0.15) is 29.5 Å². The number of ether oxygens (including phenoxy) is 9. The third kappa shape index (κ3) is 10.2. The Morgan fingerprint density at radius 1 is 0.615 bits per heavy atom. The zero-order chi connectivity index (χ0) is 37.0. The smallest absolute Gasteiger partial charge is 0.463 e. The van der Waals surface area contributed by atoms with Gasteiger partial charge in [-0.25, -0.2) is 24.0 Å². The molecule has 2 aliphatic rings. The van der Waals surface area contributed by atoms with E-state index in [1.54, 1.807) is 0 Å². The first-order valence-corrected chi connectivity index (χ1v) is 16.1. The average molecular weight is 719 g/mol. The van der Waals surface area contributed by atoms with Gasteiger partial charge in [-0.3, -0.25) is 4.79 Å². The lowest BCUT2D eigenvalue weighted by Crippen LogP contribution is -2.36. The second-order valence-electron chi connectivity index (χ2n) is 11.3. The monoisotopic (exact) mass is 718 g/mol. The molecule has 0 bridgehead atoms. The van der Waals surface area contributed by atoms with Gasteiger partial charge in [0.15, 0.2) is 12.2 Å². The summed E-state index contributed by atoms with van der Waals surface area (Å²) < 4.78 is 48.0. The molecule has 4 atom stereocenters. The Bertz CT molecular complexity index is 1770. The van der Waals surface area contributed by atoms with Gasteiger partial charge in [-0.05, 0) is 85.6 Å². The summed E-state index contributed by atoms with van der Waals surface area (Å²) >= 11 is 0. The van der Waals surface area contributed by atoms with Gasteiger partial charge < -0.3 is 42.6 Å². The molecule has 0 aliphatic carbocycles. The fourth-order valence-electron chi connectivity index (χ4n) is 5.07. The molecule has 3 aromatic rings. The van der Waals surface area contributed by atoms with Crippen LogP contribution in [0.15, 0.2) is 85.5 Å². The quantitative estimate of drug-likeness (QED) is 0.0570. The van der Waals surface area contributed by atoms with Gasteiger partial charge in [0.05, 0.1) is 43.1 Å². The molecule has 2 aliphatic heterocycles. The zero-order valence-corrected chi connectivity index (χ0v) is 27.9. The summed E-state index contributed by atoms with van der Waals surface area (Å²) in [7, 11) is 0. The van der Waals surface area contributed by atoms with E-state index in [2.05, 4.69) is 6.58 Å². The predicted octanol–water partition coefficient (Wildman–Crippen LogP) is 4.40. The third-order valence-electron chi connectivity index (χ3n) is 7.59. The lowest BCUT2D eigenvalue weighted by atomic mass is 10.1. The highest BCUT2D eigenvalue weighted by Crippen LogP contribution is 2.32. The van der Waals surface area contributed by atoms with Crippen LogP contribution in [0.2, 0.25) is 0 Å². The number of rotatable bonds is 14. The molecule has 0 aromatic heterocycles. The van der Waals surface area contributed by atoms with E-state index >= 15 is 0 Å². The summed E-state index contributed by atoms with van der Waals surface area (Å²) in [6.07, 6.45) is -1.69. The first-order valence-electron chi connectivity index (χ1n) is 16.1. The Hall–Kier alpha value is -6.06. The van der Waals surface area contributed by atoms with Crippen LogP contribution in [0.3, 0.4) is 0 Å². The van der Waals surface area contributed by atoms with E-state index in [4.69, 9.17) is 42.6 Å². The number of carbonyl (C=O) groups is 6. The normalized spacial score (nSPS) is 18.6. The minimum Gasteiger partial charge on any atom is -0.463 e. The van der Waals surface area contributed by atoms with Crippen molar-refractivity contribution in [2.75, 3.05) is 26.4 Å². The van der Waals surface area contributed by atoms with Gasteiger partial charge in [0, 0.05) is 13.0 Å². The molecule has 52 heavy (non-hydrogen) atoms. The van der Waals surface area contributed by atoms with E-state index in [1.807, 2.05) is 0 Å². The first kappa shape index (κ1) is 37.2. The van der Waals surface area contributed by atoms with Crippen molar-refractivity contribution in [2.24, 2.45) is 0 Å². The second-order valence-corrected chi connectivity index (χ2v) is 11.3. The molecule has 15 heteroatoms. The van der Waals surface area contributed by atoms with E-state index < -0.39 is 60.4 Å². The highest BCUT2D eigenvalue weighted by atomic mass is 16.7. The van der Waals surface area contributed by atoms with Crippen LogP contribution in [0.25, 0.3) is 0 Å². The molecule has 2 unspecified atom stereocenters. The fraction of sp³-hybridized carbons (Fsp3) is 0.297. The van der Waals surface area contributed by atoms with E-state index in [9.17, 15) is 28.8 Å². The van der Waals surface area contributed by atoms with E-state index in [1.165, 1.54) is 79.7 Å². The number of hydrogen-bond acceptors (Lipinski definition) is 15. The summed E-state index contributed by atoms with van der Waals surface area (Å²) in [6, 6.07) is 17.2.